The number of aromatic nitrogens is 2. The number of hydrogen-bond acceptors (Lipinski definition) is 4. The van der Waals surface area contributed by atoms with Crippen LogP contribution in [0.15, 0.2) is 6.20 Å². The maximum Gasteiger partial charge on any atom is 0.325 e. The second-order valence-corrected chi connectivity index (χ2v) is 7.53. The molecule has 1 atom stereocenters. The molecule has 0 saturated carbocycles. The number of carbonyl (C=O) groups excluding carboxylic acids is 3. The minimum Gasteiger partial charge on any atom is -0.341 e. The molecular weight excluding hydrogens is 322 g/mol. The molecule has 0 unspecified atom stereocenters. The highest BCUT2D eigenvalue weighted by Gasteiger charge is 2.45. The Balaban J connectivity index is 1.60. The monoisotopic (exact) mass is 347 g/mol. The van der Waals surface area contributed by atoms with E-state index in [4.69, 9.17) is 0 Å². The quantitative estimate of drug-likeness (QED) is 0.788. The molecule has 3 rings (SSSR count). The second kappa shape index (κ2) is 6.50. The van der Waals surface area contributed by atoms with Crippen LogP contribution in [0.25, 0.3) is 0 Å². The van der Waals surface area contributed by atoms with Gasteiger partial charge < -0.3 is 10.2 Å². The smallest absolute Gasteiger partial charge is 0.325 e. The zero-order chi connectivity index (χ0) is 18.2. The number of imide groups is 1. The van der Waals surface area contributed by atoms with Crippen molar-refractivity contribution in [3.63, 3.8) is 0 Å². The number of nitrogens with zero attached hydrogens (tertiary/aromatic N) is 3. The van der Waals surface area contributed by atoms with Gasteiger partial charge in [0.05, 0.1) is 6.20 Å². The molecule has 2 aliphatic heterocycles. The Labute approximate surface area is 146 Å². The number of urea groups is 1. The zero-order valence-corrected chi connectivity index (χ0v) is 15.0. The average Bonchev–Trinajstić information content (AvgIpc) is 3.03. The minimum atomic E-state index is -0.945. The van der Waals surface area contributed by atoms with E-state index < -0.39 is 11.6 Å². The molecule has 0 bridgehead atoms. The maximum atomic E-state index is 12.6. The normalized spacial score (nSPS) is 23.1. The SMILES string of the molecule is Cc1cn[nH]c1C[C@@H]1CCCN(C(=O)CN2C(=O)NC(C)(C)C2=O)C1. The van der Waals surface area contributed by atoms with Crippen LogP contribution in [0.3, 0.4) is 0 Å². The lowest BCUT2D eigenvalue weighted by atomic mass is 9.92. The van der Waals surface area contributed by atoms with E-state index in [1.807, 2.05) is 6.92 Å². The summed E-state index contributed by atoms with van der Waals surface area (Å²) in [5.41, 5.74) is 1.29. The van der Waals surface area contributed by atoms with Crippen LogP contribution in [-0.2, 0) is 16.0 Å². The van der Waals surface area contributed by atoms with Gasteiger partial charge in [-0.1, -0.05) is 0 Å². The largest absolute Gasteiger partial charge is 0.341 e. The number of H-pyrrole nitrogens is 1. The van der Waals surface area contributed by atoms with E-state index in [2.05, 4.69) is 15.5 Å². The van der Waals surface area contributed by atoms with Crippen LogP contribution in [0.1, 0.15) is 37.9 Å². The van der Waals surface area contributed by atoms with Crippen LogP contribution < -0.4 is 5.32 Å². The molecule has 2 saturated heterocycles. The van der Waals surface area contributed by atoms with E-state index in [-0.39, 0.29) is 18.4 Å². The molecule has 2 fully saturated rings. The lowest BCUT2D eigenvalue weighted by Gasteiger charge is -2.33. The van der Waals surface area contributed by atoms with Crippen molar-refractivity contribution in [2.45, 2.75) is 45.6 Å². The van der Waals surface area contributed by atoms with Gasteiger partial charge in [0.1, 0.15) is 12.1 Å². The van der Waals surface area contributed by atoms with E-state index >= 15 is 0 Å². The molecule has 8 nitrogen and oxygen atoms in total. The number of aromatic amines is 1. The fraction of sp³-hybridized carbons (Fsp3) is 0.647. The Morgan fingerprint density at radius 3 is 2.76 bits per heavy atom. The molecule has 0 spiro atoms. The minimum absolute atomic E-state index is 0.174. The molecule has 0 aliphatic carbocycles. The Hall–Kier alpha value is -2.38. The van der Waals surface area contributed by atoms with Gasteiger partial charge in [-0.3, -0.25) is 19.6 Å². The van der Waals surface area contributed by atoms with Gasteiger partial charge in [0, 0.05) is 18.8 Å². The molecule has 8 heteroatoms. The summed E-state index contributed by atoms with van der Waals surface area (Å²) >= 11 is 0. The van der Waals surface area contributed by atoms with E-state index in [1.165, 1.54) is 0 Å². The Morgan fingerprint density at radius 1 is 1.40 bits per heavy atom. The summed E-state index contributed by atoms with van der Waals surface area (Å²) in [4.78, 5) is 39.6. The first-order valence-corrected chi connectivity index (χ1v) is 8.68. The molecule has 2 aliphatic rings. The molecule has 136 valence electrons. The van der Waals surface area contributed by atoms with Gasteiger partial charge in [0.25, 0.3) is 5.91 Å². The molecule has 4 amide bonds. The number of hydrogen-bond donors (Lipinski definition) is 2. The van der Waals surface area contributed by atoms with Gasteiger partial charge in [-0.25, -0.2) is 4.79 Å². The van der Waals surface area contributed by atoms with E-state index in [1.54, 1.807) is 24.9 Å². The molecule has 0 radical (unpaired) electrons. The maximum absolute atomic E-state index is 12.6. The number of piperidine rings is 1. The van der Waals surface area contributed by atoms with Crippen molar-refractivity contribution in [3.05, 3.63) is 17.5 Å². The van der Waals surface area contributed by atoms with Crippen LogP contribution in [0.4, 0.5) is 4.79 Å². The summed E-state index contributed by atoms with van der Waals surface area (Å²) in [6.07, 6.45) is 4.64. The lowest BCUT2D eigenvalue weighted by Crippen LogP contribution is -2.47. The van der Waals surface area contributed by atoms with Crippen LogP contribution >= 0.6 is 0 Å². The van der Waals surface area contributed by atoms with Crippen LogP contribution in [0.2, 0.25) is 0 Å². The Kier molecular flexibility index (Phi) is 4.53. The molecule has 0 aromatic carbocycles. The summed E-state index contributed by atoms with van der Waals surface area (Å²) in [5.74, 6) is -0.170. The first kappa shape index (κ1) is 17.4. The highest BCUT2D eigenvalue weighted by molar-refractivity contribution is 6.08. The van der Waals surface area contributed by atoms with Crippen molar-refractivity contribution < 1.29 is 14.4 Å². The number of carbonyl (C=O) groups is 3. The summed E-state index contributed by atoms with van der Waals surface area (Å²) in [6.45, 7) is 6.42. The summed E-state index contributed by atoms with van der Waals surface area (Å²) in [7, 11) is 0. The highest BCUT2D eigenvalue weighted by Crippen LogP contribution is 2.22. The van der Waals surface area contributed by atoms with Gasteiger partial charge in [0.2, 0.25) is 5.91 Å². The average molecular weight is 347 g/mol. The van der Waals surface area contributed by atoms with Crippen molar-refractivity contribution in [3.8, 4) is 0 Å². The molecular formula is C17H25N5O3. The van der Waals surface area contributed by atoms with Crippen molar-refractivity contribution in [1.29, 1.82) is 0 Å². The fourth-order valence-electron chi connectivity index (χ4n) is 3.52. The number of likely N-dealkylation sites (tertiary alicyclic amines) is 1. The fourth-order valence-corrected chi connectivity index (χ4v) is 3.52. The van der Waals surface area contributed by atoms with Crippen molar-refractivity contribution in [2.24, 2.45) is 5.92 Å². The van der Waals surface area contributed by atoms with E-state index in [9.17, 15) is 14.4 Å². The molecule has 25 heavy (non-hydrogen) atoms. The Bertz CT molecular complexity index is 696. The van der Waals surface area contributed by atoms with Crippen LogP contribution in [0.5, 0.6) is 0 Å². The van der Waals surface area contributed by atoms with Gasteiger partial charge in [-0.05, 0) is 51.5 Å². The van der Waals surface area contributed by atoms with Gasteiger partial charge >= 0.3 is 6.03 Å². The zero-order valence-electron chi connectivity index (χ0n) is 15.0. The van der Waals surface area contributed by atoms with Crippen LogP contribution in [0, 0.1) is 12.8 Å². The van der Waals surface area contributed by atoms with Crippen molar-refractivity contribution in [1.82, 2.24) is 25.3 Å². The summed E-state index contributed by atoms with van der Waals surface area (Å²) in [6, 6.07) is -0.495. The van der Waals surface area contributed by atoms with E-state index in [0.29, 0.717) is 19.0 Å². The summed E-state index contributed by atoms with van der Waals surface area (Å²) in [5, 5.41) is 9.66. The third-order valence-electron chi connectivity index (χ3n) is 5.04. The topological polar surface area (TPSA) is 98.4 Å². The van der Waals surface area contributed by atoms with Crippen molar-refractivity contribution >= 4 is 17.8 Å². The van der Waals surface area contributed by atoms with Gasteiger partial charge in [-0.15, -0.1) is 0 Å². The third kappa shape index (κ3) is 3.52. The number of rotatable bonds is 4. The highest BCUT2D eigenvalue weighted by atomic mass is 16.2. The van der Waals surface area contributed by atoms with Crippen LogP contribution in [-0.4, -0.2) is 63.0 Å². The number of nitrogens with one attached hydrogen (secondary N) is 2. The van der Waals surface area contributed by atoms with E-state index in [0.717, 1.165) is 35.4 Å². The Morgan fingerprint density at radius 2 is 2.16 bits per heavy atom. The molecule has 2 N–H and O–H groups in total. The molecule has 1 aromatic rings. The number of aryl methyl sites for hydroxylation is 1. The predicted octanol–water partition coefficient (Wildman–Crippen LogP) is 0.830. The first-order chi connectivity index (χ1) is 11.8. The van der Waals surface area contributed by atoms with Gasteiger partial charge in [-0.2, -0.15) is 5.10 Å². The molecule has 1 aromatic heterocycles. The lowest BCUT2D eigenvalue weighted by molar-refractivity contribution is -0.139. The first-order valence-electron chi connectivity index (χ1n) is 8.68. The molecule has 3 heterocycles. The summed E-state index contributed by atoms with van der Waals surface area (Å²) < 4.78 is 0. The third-order valence-corrected chi connectivity index (χ3v) is 5.04. The number of amides is 4. The van der Waals surface area contributed by atoms with Gasteiger partial charge in [0.15, 0.2) is 0 Å². The predicted molar refractivity (Wildman–Crippen MR) is 90.7 cm³/mol. The second-order valence-electron chi connectivity index (χ2n) is 7.53. The van der Waals surface area contributed by atoms with Crippen molar-refractivity contribution in [2.75, 3.05) is 19.6 Å². The standard InChI is InChI=1S/C17H25N5O3/c1-11-8-18-20-13(11)7-12-5-4-6-21(9-12)14(23)10-22-15(24)17(2,3)19-16(22)25/h8,12H,4-7,9-10H2,1-3H3,(H,18,20)(H,19,25)/t12-/m0/s1.